The maximum Gasteiger partial charge on any atom is 0.180 e. The quantitative estimate of drug-likeness (QED) is 0.656. The van der Waals surface area contributed by atoms with Crippen molar-refractivity contribution in [3.05, 3.63) is 59.5 Å². The van der Waals surface area contributed by atoms with Crippen LogP contribution in [0.25, 0.3) is 0 Å². The molecule has 0 radical (unpaired) electrons. The minimum Gasteiger partial charge on any atom is -0.0795 e. The van der Waals surface area contributed by atoms with Crippen LogP contribution in [0.3, 0.4) is 0 Å². The van der Waals surface area contributed by atoms with E-state index in [1.807, 2.05) is 11.8 Å². The lowest BCUT2D eigenvalue weighted by atomic mass is 10.3. The molecule has 1 aliphatic heterocycles. The molecule has 0 N–H and O–H groups in total. The van der Waals surface area contributed by atoms with Crippen molar-refractivity contribution in [1.82, 2.24) is 0 Å². The van der Waals surface area contributed by atoms with Crippen LogP contribution in [-0.2, 0) is 10.9 Å². The van der Waals surface area contributed by atoms with Gasteiger partial charge in [0.05, 0.1) is 20.7 Å². The summed E-state index contributed by atoms with van der Waals surface area (Å²) in [7, 11) is 0.108. The van der Waals surface area contributed by atoms with Gasteiger partial charge in [0.25, 0.3) is 0 Å². The fraction of sp³-hybridized carbons (Fsp3) is 0.176. The predicted molar refractivity (Wildman–Crippen MR) is 85.0 cm³/mol. The van der Waals surface area contributed by atoms with Crippen molar-refractivity contribution >= 4 is 22.7 Å². The molecule has 0 aromatic heterocycles. The first-order chi connectivity index (χ1) is 9.35. The summed E-state index contributed by atoms with van der Waals surface area (Å²) in [4.78, 5) is 7.34. The smallest absolute Gasteiger partial charge is 0.0795 e. The number of fused-ring (bicyclic) bond motifs is 2. The van der Waals surface area contributed by atoms with Gasteiger partial charge in [-0.25, -0.2) is 0 Å². The first-order valence-electron chi connectivity index (χ1n) is 6.60. The van der Waals surface area contributed by atoms with Crippen LogP contribution in [0, 0.1) is 0 Å². The Hall–Kier alpha value is -1.12. The van der Waals surface area contributed by atoms with Crippen LogP contribution in [-0.4, -0.2) is 0 Å². The van der Waals surface area contributed by atoms with Crippen molar-refractivity contribution in [3.8, 4) is 0 Å². The summed E-state index contributed by atoms with van der Waals surface area (Å²) in [5, 5.41) is 0. The van der Waals surface area contributed by atoms with Gasteiger partial charge in [-0.1, -0.05) is 43.0 Å². The summed E-state index contributed by atoms with van der Waals surface area (Å²) in [5.74, 6) is 0. The Balaban J connectivity index is 2.22. The lowest BCUT2D eigenvalue weighted by Gasteiger charge is -2.19. The Labute approximate surface area is 122 Å². The van der Waals surface area contributed by atoms with Gasteiger partial charge >= 0.3 is 0 Å². The number of allylic oxidation sites excluding steroid dienone is 2. The largest absolute Gasteiger partial charge is 0.180 e. The second kappa shape index (κ2) is 5.48. The van der Waals surface area contributed by atoms with E-state index in [0.717, 1.165) is 6.42 Å². The highest BCUT2D eigenvalue weighted by molar-refractivity contribution is 8.05. The highest BCUT2D eigenvalue weighted by atomic mass is 32.2. The van der Waals surface area contributed by atoms with E-state index < -0.39 is 0 Å². The molecule has 96 valence electrons. The van der Waals surface area contributed by atoms with Gasteiger partial charge in [0, 0.05) is 6.42 Å². The molecule has 19 heavy (non-hydrogen) atoms. The van der Waals surface area contributed by atoms with Gasteiger partial charge < -0.3 is 0 Å². The van der Waals surface area contributed by atoms with E-state index in [1.54, 1.807) is 4.91 Å². The van der Waals surface area contributed by atoms with Gasteiger partial charge in [-0.2, -0.15) is 0 Å². The van der Waals surface area contributed by atoms with Crippen LogP contribution in [0.5, 0.6) is 0 Å². The standard InChI is InChI=1S/C17H17S2/c1-3-13(4-2)19-16-11-7-5-9-14(16)18-15-10-6-8-12-17(15)19/h3,5-12H,4H2,1-2H3/q+1/b13-3-. The Morgan fingerprint density at radius 2 is 1.53 bits per heavy atom. The van der Waals surface area contributed by atoms with E-state index >= 15 is 0 Å². The molecule has 0 unspecified atom stereocenters. The first kappa shape index (κ1) is 12.9. The van der Waals surface area contributed by atoms with Gasteiger partial charge in [0.15, 0.2) is 9.79 Å². The summed E-state index contributed by atoms with van der Waals surface area (Å²) in [6.07, 6.45) is 3.42. The lowest BCUT2D eigenvalue weighted by Crippen LogP contribution is -2.12. The molecule has 0 bridgehead atoms. The fourth-order valence-electron chi connectivity index (χ4n) is 2.39. The molecule has 0 saturated carbocycles. The van der Waals surface area contributed by atoms with E-state index in [-0.39, 0.29) is 10.9 Å². The maximum absolute atomic E-state index is 2.30. The molecule has 0 saturated heterocycles. The summed E-state index contributed by atoms with van der Waals surface area (Å²) in [6, 6.07) is 17.7. The monoisotopic (exact) mass is 285 g/mol. The molecule has 1 heterocycles. The SMILES string of the molecule is C/C=C(/CC)[S+]1c2ccccc2Sc2ccccc21. The Bertz CT molecular complexity index is 583. The average molecular weight is 285 g/mol. The molecular formula is C17H17S2+. The minimum absolute atomic E-state index is 0.108. The molecule has 0 aliphatic carbocycles. The third-order valence-corrected chi connectivity index (χ3v) is 7.34. The molecule has 0 spiro atoms. The van der Waals surface area contributed by atoms with Gasteiger partial charge in [-0.15, -0.1) is 0 Å². The molecule has 1 aliphatic rings. The molecule has 0 fully saturated rings. The van der Waals surface area contributed by atoms with Crippen LogP contribution < -0.4 is 0 Å². The second-order valence-corrected chi connectivity index (χ2v) is 7.51. The van der Waals surface area contributed by atoms with Crippen molar-refractivity contribution in [2.75, 3.05) is 0 Å². The van der Waals surface area contributed by atoms with Crippen LogP contribution >= 0.6 is 11.8 Å². The Morgan fingerprint density at radius 1 is 1.00 bits per heavy atom. The number of hydrogen-bond donors (Lipinski definition) is 0. The highest BCUT2D eigenvalue weighted by Gasteiger charge is 2.37. The second-order valence-electron chi connectivity index (χ2n) is 4.41. The first-order valence-corrected chi connectivity index (χ1v) is 8.64. The van der Waals surface area contributed by atoms with Crippen LogP contribution in [0.4, 0.5) is 0 Å². The Kier molecular flexibility index (Phi) is 3.72. The summed E-state index contributed by atoms with van der Waals surface area (Å²) >= 11 is 1.90. The van der Waals surface area contributed by atoms with Gasteiger partial charge in [-0.05, 0) is 37.3 Å². The van der Waals surface area contributed by atoms with E-state index in [2.05, 4.69) is 68.5 Å². The van der Waals surface area contributed by atoms with Crippen molar-refractivity contribution < 1.29 is 0 Å². The number of hydrogen-bond acceptors (Lipinski definition) is 1. The molecule has 0 nitrogen and oxygen atoms in total. The zero-order valence-electron chi connectivity index (χ0n) is 11.2. The summed E-state index contributed by atoms with van der Waals surface area (Å²) < 4.78 is 0. The predicted octanol–water partition coefficient (Wildman–Crippen LogP) is 5.50. The topological polar surface area (TPSA) is 0 Å². The number of benzene rings is 2. The zero-order chi connectivity index (χ0) is 13.2. The normalized spacial score (nSPS) is 14.9. The van der Waals surface area contributed by atoms with Crippen molar-refractivity contribution in [3.63, 3.8) is 0 Å². The molecule has 2 aromatic carbocycles. The van der Waals surface area contributed by atoms with Crippen molar-refractivity contribution in [2.45, 2.75) is 39.9 Å². The zero-order valence-corrected chi connectivity index (χ0v) is 12.9. The minimum atomic E-state index is 0.108. The third-order valence-electron chi connectivity index (χ3n) is 3.29. The maximum atomic E-state index is 2.30. The molecular weight excluding hydrogens is 268 g/mol. The average Bonchev–Trinajstić information content (AvgIpc) is 2.47. The molecule has 0 amide bonds. The van der Waals surface area contributed by atoms with Crippen molar-refractivity contribution in [2.24, 2.45) is 0 Å². The molecule has 0 atom stereocenters. The van der Waals surface area contributed by atoms with E-state index in [0.29, 0.717) is 0 Å². The van der Waals surface area contributed by atoms with Gasteiger partial charge in [0.1, 0.15) is 4.91 Å². The van der Waals surface area contributed by atoms with Gasteiger partial charge in [-0.3, -0.25) is 0 Å². The van der Waals surface area contributed by atoms with E-state index in [1.165, 1.54) is 19.6 Å². The van der Waals surface area contributed by atoms with Gasteiger partial charge in [0.2, 0.25) is 0 Å². The molecule has 2 heteroatoms. The van der Waals surface area contributed by atoms with Crippen molar-refractivity contribution in [1.29, 1.82) is 0 Å². The van der Waals surface area contributed by atoms with E-state index in [4.69, 9.17) is 0 Å². The van der Waals surface area contributed by atoms with Crippen LogP contribution in [0.15, 0.2) is 79.1 Å². The highest BCUT2D eigenvalue weighted by Crippen LogP contribution is 2.48. The summed E-state index contributed by atoms with van der Waals surface area (Å²) in [6.45, 7) is 4.42. The lowest BCUT2D eigenvalue weighted by molar-refractivity contribution is 1.11. The van der Waals surface area contributed by atoms with E-state index in [9.17, 15) is 0 Å². The third kappa shape index (κ3) is 2.24. The Morgan fingerprint density at radius 3 is 2.00 bits per heavy atom. The molecule has 3 rings (SSSR count). The molecule has 2 aromatic rings. The number of rotatable bonds is 2. The van der Waals surface area contributed by atoms with Crippen LogP contribution in [0.1, 0.15) is 20.3 Å². The fourth-order valence-corrected chi connectivity index (χ4v) is 6.30. The summed E-state index contributed by atoms with van der Waals surface area (Å²) in [5.41, 5.74) is 0. The van der Waals surface area contributed by atoms with Crippen LogP contribution in [0.2, 0.25) is 0 Å².